The highest BCUT2D eigenvalue weighted by molar-refractivity contribution is 6.01. The van der Waals surface area contributed by atoms with E-state index < -0.39 is 11.7 Å². The molecule has 1 aromatic carbocycles. The Morgan fingerprint density at radius 1 is 1.32 bits per heavy atom. The van der Waals surface area contributed by atoms with Gasteiger partial charge in [0.15, 0.2) is 5.84 Å². The smallest absolute Gasteiger partial charge is 0.382 e. The molecule has 4 nitrogen and oxygen atoms in total. The van der Waals surface area contributed by atoms with Crippen LogP contribution < -0.4 is 10.6 Å². The number of alkyl halides is 3. The highest BCUT2D eigenvalue weighted by atomic mass is 19.4. The van der Waals surface area contributed by atoms with E-state index in [1.54, 1.807) is 12.3 Å². The average molecular weight is 310 g/mol. The Bertz CT molecular complexity index is 618. The van der Waals surface area contributed by atoms with Crippen LogP contribution in [0.4, 0.5) is 18.9 Å². The van der Waals surface area contributed by atoms with Crippen molar-refractivity contribution in [3.05, 3.63) is 29.3 Å². The zero-order chi connectivity index (χ0) is 15.7. The van der Waals surface area contributed by atoms with Crippen LogP contribution >= 0.6 is 0 Å². The molecule has 7 heteroatoms. The quantitative estimate of drug-likeness (QED) is 0.897. The number of nitrogens with one attached hydrogen (secondary N) is 2. The number of benzene rings is 1. The molecule has 0 radical (unpaired) electrons. The highest BCUT2D eigenvalue weighted by Crippen LogP contribution is 2.39. The molecular formula is C15H17F3N4. The molecule has 1 saturated carbocycles. The molecule has 2 N–H and O–H groups in total. The topological polar surface area (TPSA) is 48.8 Å². The maximum Gasteiger partial charge on any atom is 0.418 e. The van der Waals surface area contributed by atoms with Gasteiger partial charge >= 0.3 is 6.18 Å². The molecule has 0 amide bonds. The first kappa shape index (κ1) is 14.9. The normalized spacial score (nSPS) is 19.4. The standard InChI is InChI=1S/C15H17F3N4/c1-9(10-2-3-10)21-13-5-4-11(8-12(13)15(16,17)18)14-19-6-7-20-22-14/h4-5,7-10,21H,2-3,6H2,1H3,(H,19,22). The molecule has 22 heavy (non-hydrogen) atoms. The van der Waals surface area contributed by atoms with Crippen LogP contribution in [-0.2, 0) is 6.18 Å². The van der Waals surface area contributed by atoms with Gasteiger partial charge in [0.1, 0.15) is 0 Å². The summed E-state index contributed by atoms with van der Waals surface area (Å²) in [6.07, 6.45) is -0.708. The Kier molecular flexibility index (Phi) is 3.80. The van der Waals surface area contributed by atoms with Gasteiger partial charge in [-0.1, -0.05) is 0 Å². The van der Waals surface area contributed by atoms with Crippen LogP contribution in [-0.4, -0.2) is 24.6 Å². The Morgan fingerprint density at radius 3 is 2.68 bits per heavy atom. The second-order valence-electron chi connectivity index (χ2n) is 5.66. The second-order valence-corrected chi connectivity index (χ2v) is 5.66. The highest BCUT2D eigenvalue weighted by Gasteiger charge is 2.36. The summed E-state index contributed by atoms with van der Waals surface area (Å²) < 4.78 is 40.0. The SMILES string of the molecule is CC(Nc1ccc(C2=NN=CCN2)cc1C(F)(F)F)C1CC1. The van der Waals surface area contributed by atoms with Crippen LogP contribution in [0.15, 0.2) is 28.4 Å². The molecule has 0 spiro atoms. The fourth-order valence-corrected chi connectivity index (χ4v) is 2.49. The summed E-state index contributed by atoms with van der Waals surface area (Å²) in [5, 5.41) is 13.5. The molecular weight excluding hydrogens is 293 g/mol. The van der Waals surface area contributed by atoms with Crippen molar-refractivity contribution in [2.24, 2.45) is 16.1 Å². The van der Waals surface area contributed by atoms with Gasteiger partial charge < -0.3 is 10.6 Å². The van der Waals surface area contributed by atoms with E-state index in [0.717, 1.165) is 18.9 Å². The van der Waals surface area contributed by atoms with Crippen molar-refractivity contribution in [2.45, 2.75) is 32.0 Å². The van der Waals surface area contributed by atoms with Crippen molar-refractivity contribution in [1.29, 1.82) is 0 Å². The summed E-state index contributed by atoms with van der Waals surface area (Å²) in [4.78, 5) is 0. The third-order valence-corrected chi connectivity index (χ3v) is 3.91. The van der Waals surface area contributed by atoms with Gasteiger partial charge in [0.25, 0.3) is 0 Å². The minimum absolute atomic E-state index is 0.0432. The summed E-state index contributed by atoms with van der Waals surface area (Å²) >= 11 is 0. The molecule has 1 aliphatic carbocycles. The van der Waals surface area contributed by atoms with E-state index in [1.165, 1.54) is 6.07 Å². The van der Waals surface area contributed by atoms with Gasteiger partial charge in [-0.15, -0.1) is 5.10 Å². The maximum absolute atomic E-state index is 13.3. The lowest BCUT2D eigenvalue weighted by Gasteiger charge is -2.20. The molecule has 1 unspecified atom stereocenters. The monoisotopic (exact) mass is 310 g/mol. The number of nitrogens with zero attached hydrogens (tertiary/aromatic N) is 2. The molecule has 0 aromatic heterocycles. The largest absolute Gasteiger partial charge is 0.418 e. The van der Waals surface area contributed by atoms with Gasteiger partial charge in [-0.05, 0) is 43.9 Å². The van der Waals surface area contributed by atoms with Crippen molar-refractivity contribution in [2.75, 3.05) is 11.9 Å². The lowest BCUT2D eigenvalue weighted by atomic mass is 10.1. The van der Waals surface area contributed by atoms with Gasteiger partial charge in [0.2, 0.25) is 0 Å². The third kappa shape index (κ3) is 3.23. The number of anilines is 1. The fourth-order valence-electron chi connectivity index (χ4n) is 2.49. The first-order chi connectivity index (χ1) is 10.4. The molecule has 1 aromatic rings. The average Bonchev–Trinajstić information content (AvgIpc) is 3.32. The van der Waals surface area contributed by atoms with Crippen molar-refractivity contribution >= 4 is 17.7 Å². The van der Waals surface area contributed by atoms with Gasteiger partial charge in [0.05, 0.1) is 12.1 Å². The Morgan fingerprint density at radius 2 is 2.09 bits per heavy atom. The van der Waals surface area contributed by atoms with Crippen LogP contribution in [0.2, 0.25) is 0 Å². The molecule has 0 bridgehead atoms. The Labute approximate surface area is 126 Å². The fraction of sp³-hybridized carbons (Fsp3) is 0.467. The molecule has 3 rings (SSSR count). The molecule has 0 saturated heterocycles. The van der Waals surface area contributed by atoms with E-state index in [4.69, 9.17) is 0 Å². The minimum atomic E-state index is -4.42. The van der Waals surface area contributed by atoms with Gasteiger partial charge in [-0.2, -0.15) is 18.3 Å². The van der Waals surface area contributed by atoms with Gasteiger partial charge in [-0.3, -0.25) is 0 Å². The molecule has 1 atom stereocenters. The van der Waals surface area contributed by atoms with Crippen LogP contribution in [0.5, 0.6) is 0 Å². The van der Waals surface area contributed by atoms with E-state index in [2.05, 4.69) is 20.8 Å². The number of rotatable bonds is 4. The minimum Gasteiger partial charge on any atom is -0.382 e. The summed E-state index contributed by atoms with van der Waals surface area (Å²) in [5.74, 6) is 0.828. The van der Waals surface area contributed by atoms with E-state index in [-0.39, 0.29) is 11.7 Å². The van der Waals surface area contributed by atoms with Crippen LogP contribution in [0.1, 0.15) is 30.9 Å². The summed E-state index contributed by atoms with van der Waals surface area (Å²) in [5.41, 5.74) is -0.166. The third-order valence-electron chi connectivity index (χ3n) is 3.91. The molecule has 1 aliphatic heterocycles. The summed E-state index contributed by atoms with van der Waals surface area (Å²) in [7, 11) is 0. The van der Waals surface area contributed by atoms with E-state index >= 15 is 0 Å². The van der Waals surface area contributed by atoms with E-state index in [9.17, 15) is 13.2 Å². The zero-order valence-electron chi connectivity index (χ0n) is 12.1. The second kappa shape index (κ2) is 5.62. The molecule has 118 valence electrons. The van der Waals surface area contributed by atoms with E-state index in [0.29, 0.717) is 23.9 Å². The molecule has 1 fully saturated rings. The predicted octanol–water partition coefficient (Wildman–Crippen LogP) is 3.25. The Balaban J connectivity index is 1.92. The number of amidine groups is 1. The number of hydrogen-bond donors (Lipinski definition) is 2. The molecule has 1 heterocycles. The van der Waals surface area contributed by atoms with Crippen LogP contribution in [0.3, 0.4) is 0 Å². The van der Waals surface area contributed by atoms with Crippen molar-refractivity contribution in [1.82, 2.24) is 5.32 Å². The number of halogens is 3. The summed E-state index contributed by atoms with van der Waals surface area (Å²) in [6, 6.07) is 4.26. The summed E-state index contributed by atoms with van der Waals surface area (Å²) in [6.45, 7) is 2.38. The molecule has 2 aliphatic rings. The van der Waals surface area contributed by atoms with Crippen LogP contribution in [0.25, 0.3) is 0 Å². The zero-order valence-corrected chi connectivity index (χ0v) is 12.1. The van der Waals surface area contributed by atoms with E-state index in [1.807, 2.05) is 6.92 Å². The lowest BCUT2D eigenvalue weighted by Crippen LogP contribution is -2.29. The first-order valence-electron chi connectivity index (χ1n) is 7.26. The predicted molar refractivity (Wildman–Crippen MR) is 80.3 cm³/mol. The Hall–Kier alpha value is -2.05. The van der Waals surface area contributed by atoms with Crippen molar-refractivity contribution < 1.29 is 13.2 Å². The van der Waals surface area contributed by atoms with Crippen molar-refractivity contribution in [3.8, 4) is 0 Å². The van der Waals surface area contributed by atoms with Gasteiger partial charge in [0, 0.05) is 23.5 Å². The maximum atomic E-state index is 13.3. The van der Waals surface area contributed by atoms with Crippen molar-refractivity contribution in [3.63, 3.8) is 0 Å². The van der Waals surface area contributed by atoms with Gasteiger partial charge in [-0.25, -0.2) is 0 Å². The number of hydrogen-bond acceptors (Lipinski definition) is 4. The van der Waals surface area contributed by atoms with Crippen LogP contribution in [0, 0.1) is 5.92 Å². The first-order valence-corrected chi connectivity index (χ1v) is 7.26. The lowest BCUT2D eigenvalue weighted by molar-refractivity contribution is -0.137.